The maximum Gasteiger partial charge on any atom is 0.335 e. The van der Waals surface area contributed by atoms with Gasteiger partial charge in [0.15, 0.2) is 0 Å². The molecule has 2 N–H and O–H groups in total. The molecule has 162 valence electrons. The number of hydrogen-bond donors (Lipinski definition) is 2. The smallest absolute Gasteiger partial charge is 0.335 e. The molecular weight excluding hydrogens is 390 g/mol. The number of H-pyrrole nitrogens is 1. The predicted octanol–water partition coefficient (Wildman–Crippen LogP) is 4.20. The van der Waals surface area contributed by atoms with Gasteiger partial charge in [-0.05, 0) is 62.2 Å². The van der Waals surface area contributed by atoms with Crippen molar-refractivity contribution in [2.45, 2.75) is 37.9 Å². The van der Waals surface area contributed by atoms with Crippen molar-refractivity contribution in [1.82, 2.24) is 14.8 Å². The highest BCUT2D eigenvalue weighted by atomic mass is 16.5. The molecule has 1 saturated carbocycles. The molecule has 0 bridgehead atoms. The van der Waals surface area contributed by atoms with Crippen LogP contribution in [0.4, 0.5) is 0 Å². The molecule has 1 saturated heterocycles. The van der Waals surface area contributed by atoms with Gasteiger partial charge in [0.25, 0.3) is 0 Å². The number of aryl methyl sites for hydroxylation is 1. The highest BCUT2D eigenvalue weighted by molar-refractivity contribution is 5.88. The molecule has 0 unspecified atom stereocenters. The summed E-state index contributed by atoms with van der Waals surface area (Å²) in [5.74, 6) is 0.0358. The number of ether oxygens (including phenoxy) is 1. The number of carboxylic acids is 1. The Morgan fingerprint density at radius 1 is 1.26 bits per heavy atom. The lowest BCUT2D eigenvalue weighted by Crippen LogP contribution is -2.54. The van der Waals surface area contributed by atoms with Crippen LogP contribution in [0.25, 0.3) is 10.9 Å². The van der Waals surface area contributed by atoms with Gasteiger partial charge in [0.2, 0.25) is 0 Å². The van der Waals surface area contributed by atoms with Gasteiger partial charge in [0, 0.05) is 53.9 Å². The summed E-state index contributed by atoms with van der Waals surface area (Å²) in [6.45, 7) is 4.82. The molecule has 6 nitrogen and oxygen atoms in total. The molecule has 2 aromatic carbocycles. The highest BCUT2D eigenvalue weighted by Gasteiger charge is 2.52. The molecule has 1 atom stereocenters. The monoisotopic (exact) mass is 419 g/mol. The predicted molar refractivity (Wildman–Crippen MR) is 121 cm³/mol. The average molecular weight is 420 g/mol. The summed E-state index contributed by atoms with van der Waals surface area (Å²) < 4.78 is 5.80. The van der Waals surface area contributed by atoms with Gasteiger partial charge in [-0.3, -0.25) is 9.80 Å². The minimum atomic E-state index is -0.889. The van der Waals surface area contributed by atoms with Crippen LogP contribution < -0.4 is 4.74 Å². The fourth-order valence-corrected chi connectivity index (χ4v) is 5.18. The van der Waals surface area contributed by atoms with Crippen LogP contribution in [0.3, 0.4) is 0 Å². The maximum atomic E-state index is 11.3. The normalized spacial score (nSPS) is 20.9. The number of nitrogens with zero attached hydrogens (tertiary/aromatic N) is 2. The molecule has 2 heterocycles. The van der Waals surface area contributed by atoms with E-state index in [-0.39, 0.29) is 11.6 Å². The molecule has 5 rings (SSSR count). The van der Waals surface area contributed by atoms with Crippen molar-refractivity contribution in [2.75, 3.05) is 27.2 Å². The molecule has 0 amide bonds. The Morgan fingerprint density at radius 3 is 2.65 bits per heavy atom. The summed E-state index contributed by atoms with van der Waals surface area (Å²) in [4.78, 5) is 19.7. The van der Waals surface area contributed by atoms with Gasteiger partial charge in [0.1, 0.15) is 5.75 Å². The zero-order valence-electron chi connectivity index (χ0n) is 18.3. The van der Waals surface area contributed by atoms with Crippen LogP contribution in [-0.2, 0) is 6.54 Å². The highest BCUT2D eigenvalue weighted by Crippen LogP contribution is 2.48. The van der Waals surface area contributed by atoms with Gasteiger partial charge in [-0.15, -0.1) is 0 Å². The molecule has 2 fully saturated rings. The van der Waals surface area contributed by atoms with Gasteiger partial charge in [-0.25, -0.2) is 4.79 Å². The zero-order chi connectivity index (χ0) is 21.8. The second-order valence-corrected chi connectivity index (χ2v) is 9.09. The minimum Gasteiger partial charge on any atom is -0.496 e. The van der Waals surface area contributed by atoms with Crippen LogP contribution in [0, 0.1) is 6.92 Å². The number of hydrogen-bond acceptors (Lipinski definition) is 4. The van der Waals surface area contributed by atoms with Crippen LogP contribution in [0.5, 0.6) is 5.75 Å². The third kappa shape index (κ3) is 3.40. The fourth-order valence-electron chi connectivity index (χ4n) is 5.18. The number of aromatic carboxylic acids is 1. The lowest BCUT2D eigenvalue weighted by Gasteiger charge is -2.46. The first kappa shape index (κ1) is 20.1. The third-order valence-electron chi connectivity index (χ3n) is 7.26. The van der Waals surface area contributed by atoms with E-state index in [1.54, 1.807) is 19.2 Å². The Labute approximate surface area is 182 Å². The quantitative estimate of drug-likeness (QED) is 0.649. The van der Waals surface area contributed by atoms with E-state index in [0.29, 0.717) is 5.56 Å². The van der Waals surface area contributed by atoms with Crippen LogP contribution in [-0.4, -0.2) is 58.6 Å². The van der Waals surface area contributed by atoms with Gasteiger partial charge in [-0.2, -0.15) is 0 Å². The Kier molecular flexibility index (Phi) is 4.79. The van der Waals surface area contributed by atoms with E-state index in [1.165, 1.54) is 29.4 Å². The summed E-state index contributed by atoms with van der Waals surface area (Å²) >= 11 is 0. The number of carboxylic acid groups (broad SMARTS) is 1. The standard InChI is InChI=1S/C25H29N3O3/c1-16-12-22(31-3)20(19-8-11-26-23(16)19)13-28-15-25(9-10-25)27(2)14-21(28)17-4-6-18(7-5-17)24(29)30/h4-8,11-12,21,26H,9-10,13-15H2,1-3H3,(H,29,30)/t21-/m0/s1. The molecule has 3 aromatic rings. The van der Waals surface area contributed by atoms with E-state index < -0.39 is 5.97 Å². The summed E-state index contributed by atoms with van der Waals surface area (Å²) in [5.41, 5.74) is 5.30. The maximum absolute atomic E-state index is 11.3. The Balaban J connectivity index is 1.54. The average Bonchev–Trinajstić information content (AvgIpc) is 3.35. The Bertz CT molecular complexity index is 1130. The van der Waals surface area contributed by atoms with Gasteiger partial charge >= 0.3 is 5.97 Å². The molecule has 31 heavy (non-hydrogen) atoms. The van der Waals surface area contributed by atoms with E-state index in [1.807, 2.05) is 18.3 Å². The van der Waals surface area contributed by atoms with Crippen molar-refractivity contribution in [3.8, 4) is 5.75 Å². The van der Waals surface area contributed by atoms with Gasteiger partial charge < -0.3 is 14.8 Å². The van der Waals surface area contributed by atoms with Crippen LogP contribution in [0.15, 0.2) is 42.6 Å². The van der Waals surface area contributed by atoms with Crippen molar-refractivity contribution in [3.05, 3.63) is 64.8 Å². The number of likely N-dealkylation sites (N-methyl/N-ethyl adjacent to an activating group) is 1. The SMILES string of the molecule is COc1cc(C)c2[nH]ccc2c1CN1CC2(CC2)N(C)C[C@H]1c1ccc(C(=O)O)cc1. The van der Waals surface area contributed by atoms with E-state index in [4.69, 9.17) is 4.74 Å². The number of piperazine rings is 1. The summed E-state index contributed by atoms with van der Waals surface area (Å²) in [5, 5.41) is 10.5. The number of aromatic nitrogens is 1. The topological polar surface area (TPSA) is 68.8 Å². The van der Waals surface area contributed by atoms with Crippen molar-refractivity contribution in [2.24, 2.45) is 0 Å². The Morgan fingerprint density at radius 2 is 2.00 bits per heavy atom. The van der Waals surface area contributed by atoms with E-state index in [0.717, 1.165) is 36.5 Å². The lowest BCUT2D eigenvalue weighted by molar-refractivity contribution is 0.0252. The van der Waals surface area contributed by atoms with Crippen LogP contribution >= 0.6 is 0 Å². The number of carbonyl (C=O) groups is 1. The zero-order valence-corrected chi connectivity index (χ0v) is 18.3. The molecule has 1 aromatic heterocycles. The van der Waals surface area contributed by atoms with Gasteiger partial charge in [-0.1, -0.05) is 12.1 Å². The first-order chi connectivity index (χ1) is 14.9. The number of rotatable bonds is 5. The Hall–Kier alpha value is -2.83. The van der Waals surface area contributed by atoms with Crippen molar-refractivity contribution >= 4 is 16.9 Å². The van der Waals surface area contributed by atoms with Crippen LogP contribution in [0.1, 0.15) is 45.9 Å². The first-order valence-corrected chi connectivity index (χ1v) is 10.8. The third-order valence-corrected chi connectivity index (χ3v) is 7.26. The van der Waals surface area contributed by atoms with E-state index in [2.05, 4.69) is 40.9 Å². The molecule has 0 radical (unpaired) electrons. The van der Waals surface area contributed by atoms with Crippen LogP contribution in [0.2, 0.25) is 0 Å². The lowest BCUT2D eigenvalue weighted by atomic mass is 9.96. The second kappa shape index (κ2) is 7.39. The number of methoxy groups -OCH3 is 1. The molecule has 1 spiro atoms. The summed E-state index contributed by atoms with van der Waals surface area (Å²) in [6, 6.07) is 11.8. The first-order valence-electron chi connectivity index (χ1n) is 10.8. The van der Waals surface area contributed by atoms with E-state index in [9.17, 15) is 9.90 Å². The number of benzene rings is 2. The van der Waals surface area contributed by atoms with Crippen molar-refractivity contribution in [1.29, 1.82) is 0 Å². The minimum absolute atomic E-state index is 0.194. The van der Waals surface area contributed by atoms with Gasteiger partial charge in [0.05, 0.1) is 12.7 Å². The molecule has 1 aliphatic carbocycles. The molecule has 1 aliphatic heterocycles. The fraction of sp³-hybridized carbons (Fsp3) is 0.400. The molecule has 6 heteroatoms. The summed E-state index contributed by atoms with van der Waals surface area (Å²) in [7, 11) is 3.96. The van der Waals surface area contributed by atoms with E-state index >= 15 is 0 Å². The number of aromatic amines is 1. The summed E-state index contributed by atoms with van der Waals surface area (Å²) in [6.07, 6.45) is 4.46. The van der Waals surface area contributed by atoms with Crippen molar-refractivity contribution < 1.29 is 14.6 Å². The largest absolute Gasteiger partial charge is 0.496 e. The number of nitrogens with one attached hydrogen (secondary N) is 1. The number of fused-ring (bicyclic) bond motifs is 1. The molecule has 2 aliphatic rings. The molecular formula is C25H29N3O3. The van der Waals surface area contributed by atoms with Crippen molar-refractivity contribution in [3.63, 3.8) is 0 Å². The second-order valence-electron chi connectivity index (χ2n) is 9.09.